The lowest BCUT2D eigenvalue weighted by Gasteiger charge is -2.07. The molecule has 2 rings (SSSR count). The summed E-state index contributed by atoms with van der Waals surface area (Å²) in [6, 6.07) is 12.9. The minimum absolute atomic E-state index is 0.0122. The fourth-order valence-corrected chi connectivity index (χ4v) is 2.26. The molecule has 0 heterocycles. The van der Waals surface area contributed by atoms with Crippen molar-refractivity contribution in [2.45, 2.75) is 12.8 Å². The summed E-state index contributed by atoms with van der Waals surface area (Å²) in [6.07, 6.45) is 0.537. The fourth-order valence-electron chi connectivity index (χ4n) is 2.03. The van der Waals surface area contributed by atoms with Gasteiger partial charge in [0.25, 0.3) is 5.69 Å². The van der Waals surface area contributed by atoms with Crippen molar-refractivity contribution in [1.29, 1.82) is 5.26 Å². The van der Waals surface area contributed by atoms with Crippen LogP contribution in [0.3, 0.4) is 0 Å². The van der Waals surface area contributed by atoms with E-state index >= 15 is 0 Å². The lowest BCUT2D eigenvalue weighted by molar-refractivity contribution is -0.383. The Morgan fingerprint density at radius 1 is 1.30 bits per heavy atom. The first-order valence-corrected chi connectivity index (χ1v) is 7.11. The fraction of sp³-hybridized carbons (Fsp3) is 0.125. The first-order valence-electron chi connectivity index (χ1n) is 6.73. The van der Waals surface area contributed by atoms with E-state index in [4.69, 9.17) is 16.9 Å². The maximum Gasteiger partial charge on any atom is 0.292 e. The predicted molar refractivity (Wildman–Crippen MR) is 86.2 cm³/mol. The molecule has 0 spiro atoms. The van der Waals surface area contributed by atoms with Gasteiger partial charge in [-0.05, 0) is 30.2 Å². The molecule has 0 saturated heterocycles. The molecule has 0 aliphatic heterocycles. The average molecular weight is 330 g/mol. The first kappa shape index (κ1) is 16.5. The molecule has 0 aromatic heterocycles. The van der Waals surface area contributed by atoms with Crippen LogP contribution in [0.1, 0.15) is 17.5 Å². The number of nitrogens with zero attached hydrogens (tertiary/aromatic N) is 2. The molecule has 0 radical (unpaired) electrons. The first-order chi connectivity index (χ1) is 11.0. The number of nitriles is 1. The number of benzene rings is 2. The number of hydrogen-bond donors (Lipinski definition) is 1. The standard InChI is InChI=1S/C16H12ClN3O3/c17-13-4-2-1-3-12(13)6-8-16(21)19-14-9-11(10-18)5-7-15(14)20(22)23/h1-5,7,9H,6,8H2,(H,19,21). The predicted octanol–water partition coefficient (Wildman–Crippen LogP) is 3.69. The molecule has 7 heteroatoms. The van der Waals surface area contributed by atoms with Crippen molar-refractivity contribution in [1.82, 2.24) is 0 Å². The van der Waals surface area contributed by atoms with Crippen LogP contribution in [0.4, 0.5) is 11.4 Å². The number of nitro benzene ring substituents is 1. The number of amides is 1. The zero-order valence-corrected chi connectivity index (χ0v) is 12.7. The third-order valence-electron chi connectivity index (χ3n) is 3.18. The Kier molecular flexibility index (Phi) is 5.28. The molecule has 0 bridgehead atoms. The summed E-state index contributed by atoms with van der Waals surface area (Å²) >= 11 is 6.02. The number of halogens is 1. The van der Waals surface area contributed by atoms with Gasteiger partial charge in [-0.25, -0.2) is 0 Å². The largest absolute Gasteiger partial charge is 0.320 e. The van der Waals surface area contributed by atoms with Crippen LogP contribution in [0.2, 0.25) is 5.02 Å². The highest BCUT2D eigenvalue weighted by Gasteiger charge is 2.16. The molecule has 0 aliphatic carbocycles. The quantitative estimate of drug-likeness (QED) is 0.668. The number of anilines is 1. The molecule has 2 aromatic rings. The van der Waals surface area contributed by atoms with Crippen LogP contribution in [-0.4, -0.2) is 10.8 Å². The van der Waals surface area contributed by atoms with E-state index in [-0.39, 0.29) is 29.3 Å². The van der Waals surface area contributed by atoms with Gasteiger partial charge in [-0.3, -0.25) is 14.9 Å². The second-order valence-corrected chi connectivity index (χ2v) is 5.15. The maximum atomic E-state index is 12.0. The molecule has 0 aliphatic rings. The van der Waals surface area contributed by atoms with Gasteiger partial charge in [-0.2, -0.15) is 5.26 Å². The third-order valence-corrected chi connectivity index (χ3v) is 3.54. The summed E-state index contributed by atoms with van der Waals surface area (Å²) < 4.78 is 0. The molecule has 0 fully saturated rings. The van der Waals surface area contributed by atoms with Crippen molar-refractivity contribution in [3.8, 4) is 6.07 Å². The van der Waals surface area contributed by atoms with E-state index in [0.29, 0.717) is 11.4 Å². The summed E-state index contributed by atoms with van der Waals surface area (Å²) in [7, 11) is 0. The van der Waals surface area contributed by atoms with Gasteiger partial charge in [0, 0.05) is 17.5 Å². The highest BCUT2D eigenvalue weighted by molar-refractivity contribution is 6.31. The number of aryl methyl sites for hydroxylation is 1. The molecule has 23 heavy (non-hydrogen) atoms. The second-order valence-electron chi connectivity index (χ2n) is 4.74. The van der Waals surface area contributed by atoms with Crippen molar-refractivity contribution < 1.29 is 9.72 Å². The topological polar surface area (TPSA) is 96.0 Å². The maximum absolute atomic E-state index is 12.0. The van der Waals surface area contributed by atoms with Gasteiger partial charge in [-0.15, -0.1) is 0 Å². The second kappa shape index (κ2) is 7.38. The molecule has 0 saturated carbocycles. The van der Waals surface area contributed by atoms with Gasteiger partial charge in [0.2, 0.25) is 5.91 Å². The number of nitro groups is 1. The lowest BCUT2D eigenvalue weighted by Crippen LogP contribution is -2.13. The van der Waals surface area contributed by atoms with E-state index in [1.165, 1.54) is 18.2 Å². The van der Waals surface area contributed by atoms with Crippen molar-refractivity contribution in [2.24, 2.45) is 0 Å². The van der Waals surface area contributed by atoms with Gasteiger partial charge in [0.15, 0.2) is 0 Å². The Morgan fingerprint density at radius 3 is 2.70 bits per heavy atom. The number of carbonyl (C=O) groups excluding carboxylic acids is 1. The Labute approximate surface area is 137 Å². The SMILES string of the molecule is N#Cc1ccc([N+](=O)[O-])c(NC(=O)CCc2ccccc2Cl)c1. The van der Waals surface area contributed by atoms with E-state index < -0.39 is 4.92 Å². The van der Waals surface area contributed by atoms with E-state index in [2.05, 4.69) is 5.32 Å². The normalized spacial score (nSPS) is 9.91. The van der Waals surface area contributed by atoms with Crippen molar-refractivity contribution in [2.75, 3.05) is 5.32 Å². The Bertz CT molecular complexity index is 799. The minimum Gasteiger partial charge on any atom is -0.320 e. The van der Waals surface area contributed by atoms with E-state index in [1.807, 2.05) is 18.2 Å². The highest BCUT2D eigenvalue weighted by Crippen LogP contribution is 2.25. The van der Waals surface area contributed by atoms with Gasteiger partial charge < -0.3 is 5.32 Å². The van der Waals surface area contributed by atoms with E-state index in [0.717, 1.165) is 5.56 Å². The van der Waals surface area contributed by atoms with Crippen molar-refractivity contribution in [3.63, 3.8) is 0 Å². The van der Waals surface area contributed by atoms with E-state index in [9.17, 15) is 14.9 Å². The van der Waals surface area contributed by atoms with Crippen molar-refractivity contribution in [3.05, 3.63) is 68.7 Å². The highest BCUT2D eigenvalue weighted by atomic mass is 35.5. The van der Waals surface area contributed by atoms with Crippen LogP contribution in [-0.2, 0) is 11.2 Å². The third kappa shape index (κ3) is 4.28. The van der Waals surface area contributed by atoms with Crippen LogP contribution in [0, 0.1) is 21.4 Å². The van der Waals surface area contributed by atoms with Crippen LogP contribution in [0.5, 0.6) is 0 Å². The molecule has 6 nitrogen and oxygen atoms in total. The molecular formula is C16H12ClN3O3. The lowest BCUT2D eigenvalue weighted by atomic mass is 10.1. The van der Waals surface area contributed by atoms with Crippen LogP contribution in [0.15, 0.2) is 42.5 Å². The summed E-state index contributed by atoms with van der Waals surface area (Å²) in [4.78, 5) is 22.4. The van der Waals surface area contributed by atoms with Crippen LogP contribution >= 0.6 is 11.6 Å². The van der Waals surface area contributed by atoms with Crippen LogP contribution < -0.4 is 5.32 Å². The number of carbonyl (C=O) groups is 1. The van der Waals surface area contributed by atoms with Gasteiger partial charge >= 0.3 is 0 Å². The molecule has 0 unspecified atom stereocenters. The number of nitrogens with one attached hydrogen (secondary N) is 1. The molecular weight excluding hydrogens is 318 g/mol. The summed E-state index contributed by atoms with van der Waals surface area (Å²) in [6.45, 7) is 0. The Balaban J connectivity index is 2.09. The number of hydrogen-bond acceptors (Lipinski definition) is 4. The molecule has 116 valence electrons. The van der Waals surface area contributed by atoms with Crippen LogP contribution in [0.25, 0.3) is 0 Å². The summed E-state index contributed by atoms with van der Waals surface area (Å²) in [5, 5.41) is 22.9. The Hall–Kier alpha value is -2.91. The minimum atomic E-state index is -0.606. The summed E-state index contributed by atoms with van der Waals surface area (Å²) in [5.41, 5.74) is 0.815. The zero-order valence-electron chi connectivity index (χ0n) is 12.0. The molecule has 1 amide bonds. The van der Waals surface area contributed by atoms with Gasteiger partial charge in [-0.1, -0.05) is 29.8 Å². The smallest absolute Gasteiger partial charge is 0.292 e. The van der Waals surface area contributed by atoms with Gasteiger partial charge in [0.05, 0.1) is 16.6 Å². The zero-order chi connectivity index (χ0) is 16.8. The molecule has 0 atom stereocenters. The molecule has 1 N–H and O–H groups in total. The number of rotatable bonds is 5. The molecule has 2 aromatic carbocycles. The van der Waals surface area contributed by atoms with Crippen molar-refractivity contribution >= 4 is 28.9 Å². The average Bonchev–Trinajstić information content (AvgIpc) is 2.53. The van der Waals surface area contributed by atoms with Gasteiger partial charge in [0.1, 0.15) is 5.69 Å². The summed E-state index contributed by atoms with van der Waals surface area (Å²) in [5.74, 6) is -0.386. The van der Waals surface area contributed by atoms with E-state index in [1.54, 1.807) is 12.1 Å². The Morgan fingerprint density at radius 2 is 2.04 bits per heavy atom. The monoisotopic (exact) mass is 329 g/mol.